The van der Waals surface area contributed by atoms with Gasteiger partial charge in [0.15, 0.2) is 0 Å². The molecule has 0 atom stereocenters. The van der Waals surface area contributed by atoms with Crippen molar-refractivity contribution in [2.45, 2.75) is 33.5 Å². The quantitative estimate of drug-likeness (QED) is 0.537. The zero-order valence-corrected chi connectivity index (χ0v) is 11.4. The van der Waals surface area contributed by atoms with E-state index in [1.807, 2.05) is 20.8 Å². The van der Waals surface area contributed by atoms with E-state index >= 15 is 0 Å². The van der Waals surface area contributed by atoms with Crippen molar-refractivity contribution >= 4 is 6.85 Å². The molecule has 0 radical (unpaired) electrons. The largest absolute Gasteiger partial charge is 0.403 e. The Kier molecular flexibility index (Phi) is 6.39. The summed E-state index contributed by atoms with van der Waals surface area (Å²) in [7, 11) is 0. The predicted molar refractivity (Wildman–Crippen MR) is 79.5 cm³/mol. The van der Waals surface area contributed by atoms with Crippen molar-refractivity contribution in [3.8, 4) is 35.5 Å². The lowest BCUT2D eigenvalue weighted by Crippen LogP contribution is -2.39. The van der Waals surface area contributed by atoms with E-state index in [0.717, 1.165) is 19.3 Å². The molecule has 1 aliphatic heterocycles. The Bertz CT molecular complexity index is 509. The fraction of sp³-hybridized carbons (Fsp3) is 0.375. The molecule has 0 amide bonds. The van der Waals surface area contributed by atoms with E-state index in [0.29, 0.717) is 6.85 Å². The molecule has 0 fully saturated rings. The lowest BCUT2D eigenvalue weighted by Gasteiger charge is -2.31. The lowest BCUT2D eigenvalue weighted by molar-refractivity contribution is 0.586. The topological polar surface area (TPSA) is 3.24 Å². The van der Waals surface area contributed by atoms with Crippen LogP contribution in [0, 0.1) is 35.5 Å². The van der Waals surface area contributed by atoms with Crippen LogP contribution in [0.3, 0.4) is 0 Å². The molecule has 0 saturated carbocycles. The third kappa shape index (κ3) is 4.12. The monoisotopic (exact) mass is 235 g/mol. The molecular formula is C16H18BN. The van der Waals surface area contributed by atoms with Gasteiger partial charge in [0.2, 0.25) is 0 Å². The molecule has 0 unspecified atom stereocenters. The number of hydrogen-bond acceptors (Lipinski definition) is 1. The highest BCUT2D eigenvalue weighted by Crippen LogP contribution is 2.18. The van der Waals surface area contributed by atoms with Gasteiger partial charge in [-0.3, -0.25) is 0 Å². The Morgan fingerprint density at radius 2 is 1.78 bits per heavy atom. The Balaban J connectivity index is 2.86. The first kappa shape index (κ1) is 14.1. The van der Waals surface area contributed by atoms with E-state index < -0.39 is 0 Å². The Labute approximate surface area is 111 Å². The van der Waals surface area contributed by atoms with Gasteiger partial charge in [0.1, 0.15) is 0 Å². The smallest absolute Gasteiger partial charge is 0.294 e. The number of hydrogen-bond donors (Lipinski definition) is 0. The van der Waals surface area contributed by atoms with Gasteiger partial charge in [-0.1, -0.05) is 23.9 Å². The number of nitrogens with zero attached hydrogens (tertiary/aromatic N) is 1. The van der Waals surface area contributed by atoms with E-state index in [1.54, 1.807) is 0 Å². The highest BCUT2D eigenvalue weighted by atomic mass is 15.1. The van der Waals surface area contributed by atoms with Gasteiger partial charge in [-0.15, -0.1) is 23.7 Å². The van der Waals surface area contributed by atoms with Crippen molar-refractivity contribution in [2.75, 3.05) is 6.54 Å². The second-order valence-corrected chi connectivity index (χ2v) is 3.90. The summed E-state index contributed by atoms with van der Waals surface area (Å²) in [5.74, 6) is 20.4. The molecule has 90 valence electrons. The maximum Gasteiger partial charge on any atom is 0.294 e. The molecule has 2 heteroatoms. The van der Waals surface area contributed by atoms with Gasteiger partial charge in [-0.05, 0) is 26.8 Å². The van der Waals surface area contributed by atoms with Crippen LogP contribution in [0.4, 0.5) is 0 Å². The minimum atomic E-state index is 0.317. The van der Waals surface area contributed by atoms with Gasteiger partial charge in [0.25, 0.3) is 6.85 Å². The first-order chi connectivity index (χ1) is 8.83. The Hall–Kier alpha value is -1.98. The zero-order chi connectivity index (χ0) is 13.2. The van der Waals surface area contributed by atoms with Crippen LogP contribution in [0.1, 0.15) is 27.2 Å². The molecule has 0 N–H and O–H groups in total. The maximum atomic E-state index is 3.15. The molecule has 0 saturated heterocycles. The van der Waals surface area contributed by atoms with Crippen molar-refractivity contribution in [1.29, 1.82) is 0 Å². The van der Waals surface area contributed by atoms with Crippen molar-refractivity contribution < 1.29 is 0 Å². The van der Waals surface area contributed by atoms with E-state index in [4.69, 9.17) is 0 Å². The van der Waals surface area contributed by atoms with Gasteiger partial charge in [-0.2, -0.15) is 0 Å². The SMILES string of the molecule is CC#CCB1C=CC=C(CC#CC)N1CC#CC. The summed E-state index contributed by atoms with van der Waals surface area (Å²) in [6.07, 6.45) is 5.85. The highest BCUT2D eigenvalue weighted by molar-refractivity contribution is 6.63. The van der Waals surface area contributed by atoms with Crippen LogP contribution in [0.15, 0.2) is 23.8 Å². The fourth-order valence-corrected chi connectivity index (χ4v) is 1.81. The Morgan fingerprint density at radius 1 is 1.06 bits per heavy atom. The summed E-state index contributed by atoms with van der Waals surface area (Å²) in [6.45, 7) is 6.68. The summed E-state index contributed by atoms with van der Waals surface area (Å²) in [6, 6.07) is 0. The lowest BCUT2D eigenvalue weighted by atomic mass is 9.55. The van der Waals surface area contributed by atoms with Crippen LogP contribution in [0.2, 0.25) is 6.32 Å². The minimum absolute atomic E-state index is 0.317. The molecule has 0 aromatic heterocycles. The second kappa shape index (κ2) is 8.17. The van der Waals surface area contributed by atoms with Crippen LogP contribution in [0.5, 0.6) is 0 Å². The fourth-order valence-electron chi connectivity index (χ4n) is 1.81. The van der Waals surface area contributed by atoms with Crippen LogP contribution in [-0.2, 0) is 0 Å². The van der Waals surface area contributed by atoms with Crippen molar-refractivity contribution in [1.82, 2.24) is 4.81 Å². The molecule has 0 aromatic carbocycles. The van der Waals surface area contributed by atoms with Gasteiger partial charge in [-0.25, -0.2) is 0 Å². The van der Waals surface area contributed by atoms with Crippen LogP contribution < -0.4 is 0 Å². The predicted octanol–water partition coefficient (Wildman–Crippen LogP) is 2.73. The first-order valence-electron chi connectivity index (χ1n) is 6.16. The average Bonchev–Trinajstić information content (AvgIpc) is 2.41. The molecule has 1 rings (SSSR count). The van der Waals surface area contributed by atoms with Gasteiger partial charge in [0, 0.05) is 18.4 Å². The van der Waals surface area contributed by atoms with E-state index in [1.165, 1.54) is 5.70 Å². The standard InChI is InChI=1S/C16H18BN/c1-4-7-11-16-12-10-14-17(13-8-5-2)18(16)15-9-6-3/h10,12,14H,11,13,15H2,1-3H3. The van der Waals surface area contributed by atoms with Gasteiger partial charge >= 0.3 is 0 Å². The maximum absolute atomic E-state index is 3.15. The molecule has 1 heterocycles. The van der Waals surface area contributed by atoms with Crippen LogP contribution >= 0.6 is 0 Å². The molecule has 0 aromatic rings. The zero-order valence-electron chi connectivity index (χ0n) is 11.4. The van der Waals surface area contributed by atoms with E-state index in [9.17, 15) is 0 Å². The molecule has 0 aliphatic carbocycles. The summed E-state index contributed by atoms with van der Waals surface area (Å²) in [5.41, 5.74) is 1.23. The molecule has 18 heavy (non-hydrogen) atoms. The normalized spacial score (nSPS) is 12.5. The third-order valence-corrected chi connectivity index (χ3v) is 2.75. The molecule has 0 spiro atoms. The van der Waals surface area contributed by atoms with Crippen LogP contribution in [-0.4, -0.2) is 18.2 Å². The summed E-state index contributed by atoms with van der Waals surface area (Å²) in [4.78, 5) is 2.30. The van der Waals surface area contributed by atoms with Gasteiger partial charge < -0.3 is 4.81 Å². The second-order valence-electron chi connectivity index (χ2n) is 3.90. The molecule has 1 nitrogen and oxygen atoms in total. The molecule has 0 bridgehead atoms. The van der Waals surface area contributed by atoms with Crippen molar-refractivity contribution in [3.63, 3.8) is 0 Å². The molecular weight excluding hydrogens is 217 g/mol. The summed E-state index contributed by atoms with van der Waals surface area (Å²) >= 11 is 0. The van der Waals surface area contributed by atoms with E-state index in [-0.39, 0.29) is 0 Å². The average molecular weight is 235 g/mol. The third-order valence-electron chi connectivity index (χ3n) is 2.75. The van der Waals surface area contributed by atoms with E-state index in [2.05, 4.69) is 58.5 Å². The van der Waals surface area contributed by atoms with Gasteiger partial charge in [0.05, 0.1) is 6.54 Å². The minimum Gasteiger partial charge on any atom is -0.403 e. The highest BCUT2D eigenvalue weighted by Gasteiger charge is 2.22. The number of allylic oxidation sites excluding steroid dienone is 3. The first-order valence-corrected chi connectivity index (χ1v) is 6.16. The summed E-state index contributed by atoms with van der Waals surface area (Å²) < 4.78 is 0. The number of rotatable bonds is 3. The summed E-state index contributed by atoms with van der Waals surface area (Å²) in [5, 5.41) is 0. The molecule has 1 aliphatic rings. The Morgan fingerprint density at radius 3 is 2.44 bits per heavy atom. The van der Waals surface area contributed by atoms with Crippen LogP contribution in [0.25, 0.3) is 0 Å². The van der Waals surface area contributed by atoms with Crippen molar-refractivity contribution in [2.24, 2.45) is 0 Å². The van der Waals surface area contributed by atoms with Crippen molar-refractivity contribution in [3.05, 3.63) is 23.8 Å².